The Morgan fingerprint density at radius 3 is 2.27 bits per heavy atom. The van der Waals surface area contributed by atoms with E-state index in [0.29, 0.717) is 18.7 Å². The van der Waals surface area contributed by atoms with Crippen molar-refractivity contribution in [3.63, 3.8) is 0 Å². The molecular weight excluding hydrogens is 384 g/mol. The molecule has 26 heavy (non-hydrogen) atoms. The van der Waals surface area contributed by atoms with Crippen molar-refractivity contribution in [3.05, 3.63) is 53.1 Å². The highest BCUT2D eigenvalue weighted by Crippen LogP contribution is 2.38. The van der Waals surface area contributed by atoms with E-state index < -0.39 is 9.84 Å². The van der Waals surface area contributed by atoms with Gasteiger partial charge in [-0.1, -0.05) is 17.8 Å². The Labute approximate surface area is 163 Å². The van der Waals surface area contributed by atoms with Gasteiger partial charge in [0.25, 0.3) is 0 Å². The summed E-state index contributed by atoms with van der Waals surface area (Å²) in [5, 5.41) is 9.23. The van der Waals surface area contributed by atoms with Crippen LogP contribution in [-0.4, -0.2) is 37.3 Å². The van der Waals surface area contributed by atoms with Gasteiger partial charge in [-0.25, -0.2) is 12.7 Å². The number of hydrogen-bond acceptors (Lipinski definition) is 6. The van der Waals surface area contributed by atoms with Crippen LogP contribution in [0.25, 0.3) is 0 Å². The highest BCUT2D eigenvalue weighted by atomic mass is 32.2. The number of sulfone groups is 1. The van der Waals surface area contributed by atoms with E-state index >= 15 is 0 Å². The van der Waals surface area contributed by atoms with Gasteiger partial charge < -0.3 is 0 Å². The molecule has 4 nitrogen and oxygen atoms in total. The summed E-state index contributed by atoms with van der Waals surface area (Å²) >= 11 is 3.22. The third-order valence-electron chi connectivity index (χ3n) is 4.03. The summed E-state index contributed by atoms with van der Waals surface area (Å²) in [7, 11) is -2.90. The molecule has 1 fully saturated rings. The van der Waals surface area contributed by atoms with Crippen LogP contribution in [0.15, 0.2) is 51.1 Å². The third kappa shape index (κ3) is 5.04. The molecule has 3 rings (SSSR count). The van der Waals surface area contributed by atoms with Crippen molar-refractivity contribution in [1.29, 1.82) is 5.26 Å². The molecule has 2 aromatic rings. The van der Waals surface area contributed by atoms with E-state index in [1.54, 1.807) is 23.7 Å². The van der Waals surface area contributed by atoms with E-state index in [1.165, 1.54) is 11.1 Å². The predicted octanol–water partition coefficient (Wildman–Crippen LogP) is 4.06. The SMILES string of the molecule is Cc1cc(C)cc(Sc2ccc(C#N)cc2SN2CCS(=O)(=O)CC2)c1. The quantitative estimate of drug-likeness (QED) is 0.716. The number of nitriles is 1. The minimum atomic E-state index is -2.90. The van der Waals surface area contributed by atoms with Crippen LogP contribution in [-0.2, 0) is 9.84 Å². The summed E-state index contributed by atoms with van der Waals surface area (Å²) in [5.41, 5.74) is 3.05. The first-order valence-electron chi connectivity index (χ1n) is 8.28. The van der Waals surface area contributed by atoms with Gasteiger partial charge in [0, 0.05) is 27.8 Å². The average Bonchev–Trinajstić information content (AvgIpc) is 2.57. The van der Waals surface area contributed by atoms with Crippen LogP contribution >= 0.6 is 23.7 Å². The number of aryl methyl sites for hydroxylation is 2. The maximum absolute atomic E-state index is 11.6. The molecule has 0 radical (unpaired) electrons. The highest BCUT2D eigenvalue weighted by Gasteiger charge is 2.23. The zero-order chi connectivity index (χ0) is 18.7. The third-order valence-corrected chi connectivity index (χ3v) is 7.97. The molecule has 0 aliphatic carbocycles. The van der Waals surface area contributed by atoms with Crippen molar-refractivity contribution in [2.45, 2.75) is 28.5 Å². The number of rotatable bonds is 4. The molecule has 0 aromatic heterocycles. The van der Waals surface area contributed by atoms with Crippen LogP contribution < -0.4 is 0 Å². The lowest BCUT2D eigenvalue weighted by Gasteiger charge is -2.26. The molecule has 7 heteroatoms. The summed E-state index contributed by atoms with van der Waals surface area (Å²) in [6.07, 6.45) is 0. The van der Waals surface area contributed by atoms with Gasteiger partial charge in [0.15, 0.2) is 9.84 Å². The fraction of sp³-hybridized carbons (Fsp3) is 0.316. The van der Waals surface area contributed by atoms with Gasteiger partial charge >= 0.3 is 0 Å². The summed E-state index contributed by atoms with van der Waals surface area (Å²) in [4.78, 5) is 3.23. The molecule has 1 aliphatic heterocycles. The molecule has 0 spiro atoms. The predicted molar refractivity (Wildman–Crippen MR) is 107 cm³/mol. The normalized spacial score (nSPS) is 17.0. The summed E-state index contributed by atoms with van der Waals surface area (Å²) in [6, 6.07) is 14.3. The van der Waals surface area contributed by atoms with Gasteiger partial charge in [-0.05, 0) is 67.3 Å². The van der Waals surface area contributed by atoms with Crippen LogP contribution in [0.5, 0.6) is 0 Å². The Balaban J connectivity index is 1.85. The molecule has 2 aromatic carbocycles. The standard InChI is InChI=1S/C19H20N2O2S3/c1-14-9-15(2)11-17(10-14)24-18-4-3-16(13-20)12-19(18)25-21-5-7-26(22,23)8-6-21/h3-4,9-12H,5-8H2,1-2H3. The fourth-order valence-electron chi connectivity index (χ4n) is 2.78. The Bertz CT molecular complexity index is 931. The van der Waals surface area contributed by atoms with Gasteiger partial charge in [-0.3, -0.25) is 0 Å². The summed E-state index contributed by atoms with van der Waals surface area (Å²) in [6.45, 7) is 5.19. The van der Waals surface area contributed by atoms with Crippen molar-refractivity contribution in [2.75, 3.05) is 24.6 Å². The Morgan fingerprint density at radius 2 is 1.65 bits per heavy atom. The molecule has 1 heterocycles. The summed E-state index contributed by atoms with van der Waals surface area (Å²) < 4.78 is 25.3. The highest BCUT2D eigenvalue weighted by molar-refractivity contribution is 8.01. The topological polar surface area (TPSA) is 61.2 Å². The second kappa shape index (κ2) is 8.05. The monoisotopic (exact) mass is 404 g/mol. The Kier molecular flexibility index (Phi) is 5.98. The molecule has 0 saturated carbocycles. The van der Waals surface area contributed by atoms with Crippen molar-refractivity contribution >= 4 is 33.5 Å². The van der Waals surface area contributed by atoms with Crippen molar-refractivity contribution in [2.24, 2.45) is 0 Å². The Hall–Kier alpha value is -1.46. The lowest BCUT2D eigenvalue weighted by molar-refractivity contribution is 0.489. The smallest absolute Gasteiger partial charge is 0.152 e. The maximum Gasteiger partial charge on any atom is 0.152 e. The van der Waals surface area contributed by atoms with Crippen LogP contribution in [0.1, 0.15) is 16.7 Å². The van der Waals surface area contributed by atoms with Crippen LogP contribution in [0.4, 0.5) is 0 Å². The molecule has 0 N–H and O–H groups in total. The second-order valence-electron chi connectivity index (χ2n) is 6.37. The van der Waals surface area contributed by atoms with Crippen LogP contribution in [0, 0.1) is 25.2 Å². The van der Waals surface area contributed by atoms with Gasteiger partial charge in [-0.15, -0.1) is 0 Å². The zero-order valence-electron chi connectivity index (χ0n) is 14.7. The minimum absolute atomic E-state index is 0.192. The van der Waals surface area contributed by atoms with E-state index in [-0.39, 0.29) is 11.5 Å². The number of benzene rings is 2. The maximum atomic E-state index is 11.6. The van der Waals surface area contributed by atoms with Crippen LogP contribution in [0.2, 0.25) is 0 Å². The first kappa shape index (κ1) is 19.3. The lowest BCUT2D eigenvalue weighted by Crippen LogP contribution is -2.36. The van der Waals surface area contributed by atoms with Gasteiger partial charge in [0.05, 0.1) is 23.1 Å². The first-order chi connectivity index (χ1) is 12.3. The molecule has 1 aliphatic rings. The van der Waals surface area contributed by atoms with Gasteiger partial charge in [0.1, 0.15) is 0 Å². The number of hydrogen-bond donors (Lipinski definition) is 0. The van der Waals surface area contributed by atoms with Crippen molar-refractivity contribution in [3.8, 4) is 6.07 Å². The average molecular weight is 405 g/mol. The fourth-order valence-corrected chi connectivity index (χ4v) is 6.47. The Morgan fingerprint density at radius 1 is 1.00 bits per heavy atom. The molecule has 0 bridgehead atoms. The van der Waals surface area contributed by atoms with E-state index in [2.05, 4.69) is 42.4 Å². The van der Waals surface area contributed by atoms with Crippen molar-refractivity contribution in [1.82, 2.24) is 4.31 Å². The largest absolute Gasteiger partial charge is 0.244 e. The van der Waals surface area contributed by atoms with Crippen LogP contribution in [0.3, 0.4) is 0 Å². The molecule has 136 valence electrons. The van der Waals surface area contributed by atoms with Crippen molar-refractivity contribution < 1.29 is 8.42 Å². The van der Waals surface area contributed by atoms with Gasteiger partial charge in [0.2, 0.25) is 0 Å². The second-order valence-corrected chi connectivity index (χ2v) is 10.9. The van der Waals surface area contributed by atoms with E-state index in [0.717, 1.165) is 14.7 Å². The van der Waals surface area contributed by atoms with E-state index in [4.69, 9.17) is 0 Å². The van der Waals surface area contributed by atoms with Gasteiger partial charge in [-0.2, -0.15) is 5.26 Å². The first-order valence-corrected chi connectivity index (χ1v) is 11.7. The molecule has 0 atom stereocenters. The minimum Gasteiger partial charge on any atom is -0.244 e. The van der Waals surface area contributed by atoms with E-state index in [9.17, 15) is 13.7 Å². The molecule has 0 amide bonds. The molecular formula is C19H20N2O2S3. The molecule has 1 saturated heterocycles. The zero-order valence-corrected chi connectivity index (χ0v) is 17.2. The lowest BCUT2D eigenvalue weighted by atomic mass is 10.2. The molecule has 0 unspecified atom stereocenters. The summed E-state index contributed by atoms with van der Waals surface area (Å²) in [5.74, 6) is 0.384. The number of nitrogens with zero attached hydrogens (tertiary/aromatic N) is 2. The van der Waals surface area contributed by atoms with E-state index in [1.807, 2.05) is 18.2 Å².